The van der Waals surface area contributed by atoms with Crippen LogP contribution in [0.4, 0.5) is 0 Å². The number of benzene rings is 1. The molecule has 24 heavy (non-hydrogen) atoms. The standard InChI is InChI=1S/C17H22N2O3S2/c1-17(2,3)18-24(21,22)15-9-7-13(8-10-15)16(20)19(4)12-14-6-5-11-23-14/h5-11,18H,12H2,1-4H3. The first-order chi connectivity index (χ1) is 11.1. The third-order valence-corrected chi connectivity index (χ3v) is 5.81. The Morgan fingerprint density at radius 3 is 2.29 bits per heavy atom. The molecule has 7 heteroatoms. The molecular weight excluding hydrogens is 344 g/mol. The van der Waals surface area contributed by atoms with Crippen molar-refractivity contribution in [2.24, 2.45) is 0 Å². The molecule has 0 aliphatic heterocycles. The highest BCUT2D eigenvalue weighted by atomic mass is 32.2. The van der Waals surface area contributed by atoms with Crippen LogP contribution in [0.5, 0.6) is 0 Å². The van der Waals surface area contributed by atoms with Crippen LogP contribution in [0.15, 0.2) is 46.7 Å². The molecule has 0 fully saturated rings. The largest absolute Gasteiger partial charge is 0.337 e. The number of carbonyl (C=O) groups is 1. The Morgan fingerprint density at radius 2 is 1.79 bits per heavy atom. The summed E-state index contributed by atoms with van der Waals surface area (Å²) in [5, 5.41) is 1.97. The van der Waals surface area contributed by atoms with Crippen LogP contribution < -0.4 is 4.72 Å². The number of sulfonamides is 1. The maximum Gasteiger partial charge on any atom is 0.253 e. The summed E-state index contributed by atoms with van der Waals surface area (Å²) in [6, 6.07) is 9.93. The van der Waals surface area contributed by atoms with Crippen molar-refractivity contribution >= 4 is 27.3 Å². The monoisotopic (exact) mass is 366 g/mol. The zero-order valence-electron chi connectivity index (χ0n) is 14.2. The van der Waals surface area contributed by atoms with Gasteiger partial charge >= 0.3 is 0 Å². The second-order valence-corrected chi connectivity index (χ2v) is 9.34. The summed E-state index contributed by atoms with van der Waals surface area (Å²) in [7, 11) is -1.86. The molecule has 0 atom stereocenters. The number of carbonyl (C=O) groups excluding carboxylic acids is 1. The molecular formula is C17H22N2O3S2. The van der Waals surface area contributed by atoms with Crippen LogP contribution in [-0.4, -0.2) is 31.8 Å². The lowest BCUT2D eigenvalue weighted by atomic mass is 10.1. The molecule has 2 aromatic rings. The van der Waals surface area contributed by atoms with E-state index in [0.29, 0.717) is 12.1 Å². The fourth-order valence-corrected chi connectivity index (χ4v) is 4.34. The molecule has 1 N–H and O–H groups in total. The van der Waals surface area contributed by atoms with Gasteiger partial charge in [-0.1, -0.05) is 6.07 Å². The van der Waals surface area contributed by atoms with Crippen LogP contribution in [0.1, 0.15) is 36.0 Å². The molecule has 1 aromatic carbocycles. The van der Waals surface area contributed by atoms with Crippen LogP contribution in [0.2, 0.25) is 0 Å². The number of thiophene rings is 1. The summed E-state index contributed by atoms with van der Waals surface area (Å²) >= 11 is 1.59. The lowest BCUT2D eigenvalue weighted by Gasteiger charge is -2.20. The van der Waals surface area contributed by atoms with E-state index in [9.17, 15) is 13.2 Å². The lowest BCUT2D eigenvalue weighted by Crippen LogP contribution is -2.40. The molecule has 1 heterocycles. The van der Waals surface area contributed by atoms with Crippen molar-refractivity contribution in [3.8, 4) is 0 Å². The predicted octanol–water partition coefficient (Wildman–Crippen LogP) is 3.10. The van der Waals surface area contributed by atoms with Crippen LogP contribution in [-0.2, 0) is 16.6 Å². The smallest absolute Gasteiger partial charge is 0.253 e. The molecule has 0 bridgehead atoms. The molecule has 0 spiro atoms. The lowest BCUT2D eigenvalue weighted by molar-refractivity contribution is 0.0786. The zero-order valence-corrected chi connectivity index (χ0v) is 15.9. The third kappa shape index (κ3) is 4.90. The minimum Gasteiger partial charge on any atom is -0.337 e. The molecule has 5 nitrogen and oxygen atoms in total. The van der Waals surface area contributed by atoms with E-state index < -0.39 is 15.6 Å². The fourth-order valence-electron chi connectivity index (χ4n) is 2.17. The van der Waals surface area contributed by atoms with Gasteiger partial charge in [0.2, 0.25) is 10.0 Å². The highest BCUT2D eigenvalue weighted by Gasteiger charge is 2.22. The Morgan fingerprint density at radius 1 is 1.17 bits per heavy atom. The summed E-state index contributed by atoms with van der Waals surface area (Å²) in [6.45, 7) is 5.87. The number of nitrogens with zero attached hydrogens (tertiary/aromatic N) is 1. The summed E-state index contributed by atoms with van der Waals surface area (Å²) in [6.07, 6.45) is 0. The highest BCUT2D eigenvalue weighted by molar-refractivity contribution is 7.89. The molecule has 0 aliphatic rings. The number of hydrogen-bond acceptors (Lipinski definition) is 4. The second-order valence-electron chi connectivity index (χ2n) is 6.62. The molecule has 0 unspecified atom stereocenters. The third-order valence-electron chi connectivity index (χ3n) is 3.17. The van der Waals surface area contributed by atoms with E-state index in [-0.39, 0.29) is 10.8 Å². The molecule has 1 aromatic heterocycles. The predicted molar refractivity (Wildman–Crippen MR) is 96.6 cm³/mol. The highest BCUT2D eigenvalue weighted by Crippen LogP contribution is 2.16. The Bertz CT molecular complexity index is 789. The maximum absolute atomic E-state index is 12.4. The topological polar surface area (TPSA) is 66.5 Å². The average Bonchev–Trinajstić information content (AvgIpc) is 2.97. The Balaban J connectivity index is 2.12. The van der Waals surface area contributed by atoms with Crippen LogP contribution in [0, 0.1) is 0 Å². The molecule has 2 rings (SSSR count). The Hall–Kier alpha value is -1.70. The van der Waals surface area contributed by atoms with E-state index in [1.807, 2.05) is 17.5 Å². The minimum atomic E-state index is -3.59. The number of hydrogen-bond donors (Lipinski definition) is 1. The number of amides is 1. The number of rotatable bonds is 5. The van der Waals surface area contributed by atoms with Crippen molar-refractivity contribution in [1.29, 1.82) is 0 Å². The van der Waals surface area contributed by atoms with Gasteiger partial charge in [-0.15, -0.1) is 11.3 Å². The molecule has 1 amide bonds. The summed E-state index contributed by atoms with van der Waals surface area (Å²) in [4.78, 5) is 15.3. The van der Waals surface area contributed by atoms with Gasteiger partial charge < -0.3 is 4.90 Å². The van der Waals surface area contributed by atoms with Crippen LogP contribution in [0.3, 0.4) is 0 Å². The van der Waals surface area contributed by atoms with E-state index in [1.54, 1.807) is 56.2 Å². The van der Waals surface area contributed by atoms with Gasteiger partial charge in [0.05, 0.1) is 11.4 Å². The first-order valence-electron chi connectivity index (χ1n) is 7.50. The quantitative estimate of drug-likeness (QED) is 0.884. The molecule has 0 saturated heterocycles. The van der Waals surface area contributed by atoms with E-state index in [4.69, 9.17) is 0 Å². The molecule has 130 valence electrons. The van der Waals surface area contributed by atoms with E-state index in [2.05, 4.69) is 4.72 Å². The second kappa shape index (κ2) is 7.04. The van der Waals surface area contributed by atoms with Crippen LogP contribution in [0.25, 0.3) is 0 Å². The van der Waals surface area contributed by atoms with Gasteiger partial charge in [0.1, 0.15) is 0 Å². The number of nitrogens with one attached hydrogen (secondary N) is 1. The van der Waals surface area contributed by atoms with Crippen molar-refractivity contribution < 1.29 is 13.2 Å². The van der Waals surface area contributed by atoms with Crippen molar-refractivity contribution in [3.63, 3.8) is 0 Å². The summed E-state index contributed by atoms with van der Waals surface area (Å²) in [5.74, 6) is -0.142. The minimum absolute atomic E-state index is 0.142. The van der Waals surface area contributed by atoms with Crippen molar-refractivity contribution in [1.82, 2.24) is 9.62 Å². The average molecular weight is 367 g/mol. The summed E-state index contributed by atoms with van der Waals surface area (Å²) in [5.41, 5.74) is -0.0994. The van der Waals surface area contributed by atoms with Gasteiger partial charge in [-0.25, -0.2) is 13.1 Å². The molecule has 0 radical (unpaired) electrons. The van der Waals surface area contributed by atoms with Crippen LogP contribution >= 0.6 is 11.3 Å². The first-order valence-corrected chi connectivity index (χ1v) is 9.87. The zero-order chi connectivity index (χ0) is 18.0. The van der Waals surface area contributed by atoms with E-state index in [1.165, 1.54) is 12.1 Å². The normalized spacial score (nSPS) is 12.2. The Kier molecular flexibility index (Phi) is 5.47. The molecule has 0 aliphatic carbocycles. The van der Waals surface area contributed by atoms with Gasteiger partial charge in [0.15, 0.2) is 0 Å². The summed E-state index contributed by atoms with van der Waals surface area (Å²) < 4.78 is 27.1. The Labute approximate surface area is 147 Å². The van der Waals surface area contributed by atoms with Crippen molar-refractivity contribution in [2.45, 2.75) is 37.8 Å². The van der Waals surface area contributed by atoms with Crippen molar-refractivity contribution in [3.05, 3.63) is 52.2 Å². The van der Waals surface area contributed by atoms with Gasteiger partial charge in [0.25, 0.3) is 5.91 Å². The van der Waals surface area contributed by atoms with Gasteiger partial charge in [-0.2, -0.15) is 0 Å². The maximum atomic E-state index is 12.4. The SMILES string of the molecule is CN(Cc1cccs1)C(=O)c1ccc(S(=O)(=O)NC(C)(C)C)cc1. The van der Waals surface area contributed by atoms with Crippen molar-refractivity contribution in [2.75, 3.05) is 7.05 Å². The van der Waals surface area contributed by atoms with Gasteiger partial charge in [-0.3, -0.25) is 4.79 Å². The molecule has 0 saturated carbocycles. The van der Waals surface area contributed by atoms with Gasteiger partial charge in [-0.05, 0) is 56.5 Å². The van der Waals surface area contributed by atoms with E-state index >= 15 is 0 Å². The van der Waals surface area contributed by atoms with Gasteiger partial charge in [0, 0.05) is 23.0 Å². The van der Waals surface area contributed by atoms with E-state index in [0.717, 1.165) is 4.88 Å². The first kappa shape index (κ1) is 18.6. The fraction of sp³-hybridized carbons (Fsp3) is 0.353.